The Morgan fingerprint density at radius 2 is 1.50 bits per heavy atom. The van der Waals surface area contributed by atoms with E-state index in [9.17, 15) is 13.2 Å². The number of aliphatic hydroxyl groups is 1. The van der Waals surface area contributed by atoms with Gasteiger partial charge in [-0.15, -0.1) is 0 Å². The van der Waals surface area contributed by atoms with Gasteiger partial charge in [-0.05, 0) is 0 Å². The quantitative estimate of drug-likeness (QED) is 0.531. The second-order valence-corrected chi connectivity index (χ2v) is 1.08. The van der Waals surface area contributed by atoms with Crippen LogP contribution in [0, 0.1) is 0 Å². The van der Waals surface area contributed by atoms with Crippen LogP contribution in [0.4, 0.5) is 18.0 Å². The summed E-state index contributed by atoms with van der Waals surface area (Å²) in [4.78, 5) is 8.56. The van der Waals surface area contributed by atoms with E-state index in [0.29, 0.717) is 0 Å². The Balaban J connectivity index is 0. The Hall–Kier alpha value is -0.980. The van der Waals surface area contributed by atoms with Gasteiger partial charge in [0.15, 0.2) is 6.67 Å². The normalized spacial score (nSPS) is 9.60. The minimum atomic E-state index is -4.12. The molecule has 0 aliphatic rings. The van der Waals surface area contributed by atoms with Gasteiger partial charge >= 0.3 is 12.3 Å². The highest BCUT2D eigenvalue weighted by molar-refractivity contribution is 5.53. The molecule has 0 saturated heterocycles. The third-order valence-corrected chi connectivity index (χ3v) is 0.161. The molecule has 0 unspecified atom stereocenters. The zero-order valence-electron chi connectivity index (χ0n) is 4.59. The highest BCUT2D eigenvalue weighted by Gasteiger charge is 2.22. The number of hydrogen-bond acceptors (Lipinski definition) is 2. The zero-order chi connectivity index (χ0) is 8.78. The number of alkyl halides is 3. The monoisotopic (exact) mass is 162 g/mol. The summed E-state index contributed by atoms with van der Waals surface area (Å²) in [5.74, 6) is 0. The summed E-state index contributed by atoms with van der Waals surface area (Å²) in [7, 11) is 0. The molecule has 0 amide bonds. The molecule has 10 heavy (non-hydrogen) atoms. The van der Waals surface area contributed by atoms with Crippen molar-refractivity contribution in [3.05, 3.63) is 0 Å². The maximum atomic E-state index is 10.6. The lowest BCUT2D eigenvalue weighted by atomic mass is 10.7. The van der Waals surface area contributed by atoms with Crippen LogP contribution in [0.3, 0.4) is 0 Å². The minimum Gasteiger partial charge on any atom is -0.450 e. The highest BCUT2D eigenvalue weighted by atomic mass is 19.3. The van der Waals surface area contributed by atoms with Crippen LogP contribution >= 0.6 is 0 Å². The van der Waals surface area contributed by atoms with Crippen LogP contribution in [0.25, 0.3) is 0 Å². The van der Waals surface area contributed by atoms with Gasteiger partial charge in [-0.1, -0.05) is 0 Å². The topological polar surface area (TPSA) is 77.8 Å². The molecule has 0 aromatic heterocycles. The van der Waals surface area contributed by atoms with E-state index in [1.165, 1.54) is 0 Å². The van der Waals surface area contributed by atoms with Gasteiger partial charge in [0.05, 0.1) is 0 Å². The standard InChI is InChI=1S/C2H3F3O.CH2O3/c3-1-2(4,5)6;2-1(3)4/h6H,1H2;(H2,2,3,4). The van der Waals surface area contributed by atoms with Gasteiger partial charge in [0.2, 0.25) is 0 Å². The molecule has 3 N–H and O–H groups in total. The van der Waals surface area contributed by atoms with E-state index in [1.54, 1.807) is 0 Å². The predicted molar refractivity (Wildman–Crippen MR) is 23.8 cm³/mol. The van der Waals surface area contributed by atoms with E-state index < -0.39 is 18.9 Å². The Bertz CT molecular complexity index is 94.4. The summed E-state index contributed by atoms with van der Waals surface area (Å²) in [6.45, 7) is -2.01. The molecule has 0 aliphatic heterocycles. The van der Waals surface area contributed by atoms with Crippen molar-refractivity contribution < 1.29 is 33.3 Å². The van der Waals surface area contributed by atoms with Crippen molar-refractivity contribution in [3.8, 4) is 0 Å². The second kappa shape index (κ2) is 4.86. The minimum absolute atomic E-state index is 1.83. The van der Waals surface area contributed by atoms with Gasteiger partial charge < -0.3 is 15.3 Å². The Kier molecular flexibility index (Phi) is 5.72. The van der Waals surface area contributed by atoms with Crippen LogP contribution in [0.2, 0.25) is 0 Å². The van der Waals surface area contributed by atoms with Gasteiger partial charge in [0.1, 0.15) is 0 Å². The van der Waals surface area contributed by atoms with Crippen LogP contribution < -0.4 is 0 Å². The summed E-state index contributed by atoms with van der Waals surface area (Å²) in [6, 6.07) is 0. The molecule has 4 nitrogen and oxygen atoms in total. The Morgan fingerprint density at radius 3 is 1.50 bits per heavy atom. The zero-order valence-corrected chi connectivity index (χ0v) is 4.59. The molecule has 0 atom stereocenters. The third-order valence-electron chi connectivity index (χ3n) is 0.161. The molecule has 0 heterocycles. The predicted octanol–water partition coefficient (Wildman–Crippen LogP) is 0.763. The number of rotatable bonds is 1. The van der Waals surface area contributed by atoms with E-state index >= 15 is 0 Å². The largest absolute Gasteiger partial charge is 0.503 e. The van der Waals surface area contributed by atoms with Crippen molar-refractivity contribution in [3.63, 3.8) is 0 Å². The first-order valence-electron chi connectivity index (χ1n) is 1.87. The van der Waals surface area contributed by atoms with Crippen molar-refractivity contribution in [2.45, 2.75) is 6.11 Å². The summed E-state index contributed by atoms with van der Waals surface area (Å²) in [6.07, 6.45) is -5.96. The van der Waals surface area contributed by atoms with Crippen LogP contribution in [0.15, 0.2) is 0 Å². The van der Waals surface area contributed by atoms with Crippen molar-refractivity contribution >= 4 is 6.16 Å². The lowest BCUT2D eigenvalue weighted by molar-refractivity contribution is -0.208. The van der Waals surface area contributed by atoms with Gasteiger partial charge in [-0.2, -0.15) is 8.78 Å². The average molecular weight is 162 g/mol. The van der Waals surface area contributed by atoms with E-state index in [-0.39, 0.29) is 0 Å². The molecule has 0 aromatic carbocycles. The maximum absolute atomic E-state index is 10.6. The van der Waals surface area contributed by atoms with Gasteiger partial charge in [0, 0.05) is 0 Å². The number of carboxylic acid groups (broad SMARTS) is 2. The number of hydrogen-bond donors (Lipinski definition) is 3. The molecule has 0 spiro atoms. The SMILES string of the molecule is O=C(O)O.OC(F)(F)CF. The fourth-order valence-electron chi connectivity index (χ4n) is 0. The highest BCUT2D eigenvalue weighted by Crippen LogP contribution is 2.06. The second-order valence-electron chi connectivity index (χ2n) is 1.08. The fraction of sp³-hybridized carbons (Fsp3) is 0.667. The molecular weight excluding hydrogens is 157 g/mol. The maximum Gasteiger partial charge on any atom is 0.503 e. The summed E-state index contributed by atoms with van der Waals surface area (Å²) in [5, 5.41) is 21.1. The average Bonchev–Trinajstić information content (AvgIpc) is 1.63. The number of carbonyl (C=O) groups is 1. The lowest BCUT2D eigenvalue weighted by Crippen LogP contribution is -2.15. The smallest absolute Gasteiger partial charge is 0.450 e. The van der Waals surface area contributed by atoms with Gasteiger partial charge in [-0.3, -0.25) is 0 Å². The van der Waals surface area contributed by atoms with E-state index in [0.717, 1.165) is 0 Å². The molecule has 0 radical (unpaired) electrons. The Morgan fingerprint density at radius 1 is 1.40 bits per heavy atom. The third kappa shape index (κ3) is 62.3. The molecule has 0 bridgehead atoms. The molecule has 0 saturated carbocycles. The van der Waals surface area contributed by atoms with Crippen molar-refractivity contribution in [1.29, 1.82) is 0 Å². The molecule has 0 fully saturated rings. The molecule has 0 rings (SSSR count). The fourth-order valence-corrected chi connectivity index (χ4v) is 0. The van der Waals surface area contributed by atoms with Crippen molar-refractivity contribution in [1.82, 2.24) is 0 Å². The summed E-state index contributed by atoms with van der Waals surface area (Å²) >= 11 is 0. The first kappa shape index (κ1) is 11.8. The van der Waals surface area contributed by atoms with E-state index in [1.807, 2.05) is 0 Å². The van der Waals surface area contributed by atoms with Crippen LogP contribution in [0.1, 0.15) is 0 Å². The van der Waals surface area contributed by atoms with E-state index in [4.69, 9.17) is 20.1 Å². The van der Waals surface area contributed by atoms with Crippen LogP contribution in [0.5, 0.6) is 0 Å². The number of halogens is 3. The molecule has 0 aliphatic carbocycles. The first-order valence-corrected chi connectivity index (χ1v) is 1.87. The molecule has 62 valence electrons. The van der Waals surface area contributed by atoms with Crippen molar-refractivity contribution in [2.24, 2.45) is 0 Å². The van der Waals surface area contributed by atoms with Gasteiger partial charge in [-0.25, -0.2) is 9.18 Å². The summed E-state index contributed by atoms with van der Waals surface area (Å²) in [5.41, 5.74) is 0. The van der Waals surface area contributed by atoms with Crippen molar-refractivity contribution in [2.75, 3.05) is 6.67 Å². The lowest BCUT2D eigenvalue weighted by Gasteiger charge is -1.97. The van der Waals surface area contributed by atoms with Crippen LogP contribution in [-0.4, -0.2) is 34.3 Å². The summed E-state index contributed by atoms with van der Waals surface area (Å²) < 4.78 is 31.8. The molecule has 0 aromatic rings. The molecule has 7 heteroatoms. The Labute approximate surface area is 53.5 Å². The first-order chi connectivity index (χ1) is 4.29. The van der Waals surface area contributed by atoms with E-state index in [2.05, 4.69) is 0 Å². The van der Waals surface area contributed by atoms with Crippen LogP contribution in [-0.2, 0) is 0 Å². The molecular formula is C3H5F3O4. The van der Waals surface area contributed by atoms with Gasteiger partial charge in [0.25, 0.3) is 0 Å².